The minimum atomic E-state index is 0.0108. The Kier molecular flexibility index (Phi) is 3.72. The van der Waals surface area contributed by atoms with E-state index >= 15 is 0 Å². The molecule has 13 heavy (non-hydrogen) atoms. The average Bonchev–Trinajstić information content (AvgIpc) is 2.32. The van der Waals surface area contributed by atoms with Gasteiger partial charge in [-0.25, -0.2) is 0 Å². The first kappa shape index (κ1) is 10.5. The number of rotatable bonds is 4. The van der Waals surface area contributed by atoms with Crippen molar-refractivity contribution in [2.75, 3.05) is 6.54 Å². The van der Waals surface area contributed by atoms with Crippen molar-refractivity contribution in [1.29, 1.82) is 0 Å². The molecule has 1 amide bonds. The van der Waals surface area contributed by atoms with Gasteiger partial charge >= 0.3 is 0 Å². The quantitative estimate of drug-likeness (QED) is 0.669. The molecule has 0 aromatic heterocycles. The van der Waals surface area contributed by atoms with Gasteiger partial charge in [0.2, 0.25) is 5.91 Å². The molecule has 1 heterocycles. The number of hydrogen-bond acceptors (Lipinski definition) is 2. The van der Waals surface area contributed by atoms with Crippen LogP contribution in [0.1, 0.15) is 40.0 Å². The van der Waals surface area contributed by atoms with Crippen LogP contribution in [0.15, 0.2) is 0 Å². The smallest absolute Gasteiger partial charge is 0.240 e. The summed E-state index contributed by atoms with van der Waals surface area (Å²) in [5.74, 6) is 0.253. The van der Waals surface area contributed by atoms with Crippen molar-refractivity contribution in [1.82, 2.24) is 10.2 Å². The monoisotopic (exact) mass is 184 g/mol. The van der Waals surface area contributed by atoms with Gasteiger partial charge in [-0.15, -0.1) is 0 Å². The third kappa shape index (κ3) is 2.44. The second kappa shape index (κ2) is 4.61. The van der Waals surface area contributed by atoms with E-state index in [1.54, 1.807) is 0 Å². The first-order valence-electron chi connectivity index (χ1n) is 5.23. The molecule has 3 heteroatoms. The van der Waals surface area contributed by atoms with E-state index < -0.39 is 0 Å². The molecule has 1 saturated heterocycles. The molecule has 2 atom stereocenters. The summed E-state index contributed by atoms with van der Waals surface area (Å²) in [6.07, 6.45) is 3.77. The molecule has 1 aliphatic heterocycles. The fourth-order valence-electron chi connectivity index (χ4n) is 1.80. The first-order chi connectivity index (χ1) is 6.16. The molecule has 0 saturated carbocycles. The fourth-order valence-corrected chi connectivity index (χ4v) is 1.80. The van der Waals surface area contributed by atoms with Crippen molar-refractivity contribution in [3.63, 3.8) is 0 Å². The Morgan fingerprint density at radius 3 is 2.54 bits per heavy atom. The Labute approximate surface area is 80.5 Å². The standard InChI is InChI=1S/C10H20N2O/c1-4-5-6-7-12-9(3)11-8(2)10(12)13/h8-9,11H,4-7H2,1-3H3. The van der Waals surface area contributed by atoms with Crippen LogP contribution in [0.2, 0.25) is 0 Å². The summed E-state index contributed by atoms with van der Waals surface area (Å²) in [7, 11) is 0. The SMILES string of the molecule is CCCCCN1C(=O)C(C)NC1C. The molecular formula is C10H20N2O. The molecule has 1 N–H and O–H groups in total. The van der Waals surface area contributed by atoms with Crippen molar-refractivity contribution in [2.45, 2.75) is 52.2 Å². The second-order valence-electron chi connectivity index (χ2n) is 3.80. The van der Waals surface area contributed by atoms with Crippen LogP contribution in [0.5, 0.6) is 0 Å². The van der Waals surface area contributed by atoms with E-state index in [0.29, 0.717) is 0 Å². The van der Waals surface area contributed by atoms with Gasteiger partial charge < -0.3 is 4.90 Å². The normalized spacial score (nSPS) is 28.5. The van der Waals surface area contributed by atoms with Crippen LogP contribution < -0.4 is 5.32 Å². The molecule has 0 spiro atoms. The number of carbonyl (C=O) groups excluding carboxylic acids is 1. The number of unbranched alkanes of at least 4 members (excludes halogenated alkanes) is 2. The Bertz CT molecular complexity index is 182. The highest BCUT2D eigenvalue weighted by Crippen LogP contribution is 2.11. The highest BCUT2D eigenvalue weighted by Gasteiger charge is 2.32. The van der Waals surface area contributed by atoms with E-state index in [2.05, 4.69) is 12.2 Å². The molecule has 3 nitrogen and oxygen atoms in total. The largest absolute Gasteiger partial charge is 0.326 e. The molecule has 1 fully saturated rings. The van der Waals surface area contributed by atoms with Gasteiger partial charge in [0.1, 0.15) is 0 Å². The van der Waals surface area contributed by atoms with Crippen molar-refractivity contribution in [2.24, 2.45) is 0 Å². The van der Waals surface area contributed by atoms with E-state index in [1.807, 2.05) is 18.7 Å². The van der Waals surface area contributed by atoms with Gasteiger partial charge in [-0.1, -0.05) is 19.8 Å². The molecular weight excluding hydrogens is 164 g/mol. The highest BCUT2D eigenvalue weighted by atomic mass is 16.2. The van der Waals surface area contributed by atoms with Crippen molar-refractivity contribution in [3.8, 4) is 0 Å². The maximum absolute atomic E-state index is 11.6. The zero-order chi connectivity index (χ0) is 9.84. The van der Waals surface area contributed by atoms with Gasteiger partial charge in [0.05, 0.1) is 12.2 Å². The molecule has 0 aliphatic carbocycles. The van der Waals surface area contributed by atoms with Crippen LogP contribution in [0, 0.1) is 0 Å². The maximum Gasteiger partial charge on any atom is 0.240 e. The number of amides is 1. The van der Waals surface area contributed by atoms with Crippen LogP contribution in [0.25, 0.3) is 0 Å². The highest BCUT2D eigenvalue weighted by molar-refractivity contribution is 5.83. The average molecular weight is 184 g/mol. The Morgan fingerprint density at radius 1 is 1.38 bits per heavy atom. The van der Waals surface area contributed by atoms with Gasteiger partial charge in [-0.05, 0) is 20.3 Å². The summed E-state index contributed by atoms with van der Waals surface area (Å²) in [5, 5.41) is 3.22. The summed E-state index contributed by atoms with van der Waals surface area (Å²) in [6.45, 7) is 7.06. The fraction of sp³-hybridized carbons (Fsp3) is 0.900. The minimum absolute atomic E-state index is 0.0108. The molecule has 1 aliphatic rings. The van der Waals surface area contributed by atoms with Crippen LogP contribution in [-0.2, 0) is 4.79 Å². The predicted octanol–water partition coefficient (Wildman–Crippen LogP) is 1.34. The van der Waals surface area contributed by atoms with E-state index in [1.165, 1.54) is 12.8 Å². The number of nitrogens with zero attached hydrogens (tertiary/aromatic N) is 1. The third-order valence-electron chi connectivity index (χ3n) is 2.61. The zero-order valence-electron chi connectivity index (χ0n) is 8.84. The van der Waals surface area contributed by atoms with E-state index in [9.17, 15) is 4.79 Å². The van der Waals surface area contributed by atoms with E-state index in [0.717, 1.165) is 13.0 Å². The topological polar surface area (TPSA) is 32.3 Å². The van der Waals surface area contributed by atoms with Crippen LogP contribution in [-0.4, -0.2) is 29.6 Å². The molecule has 0 bridgehead atoms. The van der Waals surface area contributed by atoms with Gasteiger partial charge in [0.15, 0.2) is 0 Å². The third-order valence-corrected chi connectivity index (χ3v) is 2.61. The Morgan fingerprint density at radius 2 is 2.08 bits per heavy atom. The molecule has 0 aromatic carbocycles. The summed E-state index contributed by atoms with van der Waals surface area (Å²) < 4.78 is 0. The minimum Gasteiger partial charge on any atom is -0.326 e. The van der Waals surface area contributed by atoms with Crippen molar-refractivity contribution < 1.29 is 4.79 Å². The summed E-state index contributed by atoms with van der Waals surface area (Å²) in [6, 6.07) is 0.0108. The first-order valence-corrected chi connectivity index (χ1v) is 5.23. The van der Waals surface area contributed by atoms with Gasteiger partial charge in [-0.2, -0.15) is 0 Å². The van der Waals surface area contributed by atoms with Crippen LogP contribution >= 0.6 is 0 Å². The van der Waals surface area contributed by atoms with Gasteiger partial charge in [-0.3, -0.25) is 10.1 Å². The zero-order valence-corrected chi connectivity index (χ0v) is 8.84. The van der Waals surface area contributed by atoms with Crippen molar-refractivity contribution >= 4 is 5.91 Å². The second-order valence-corrected chi connectivity index (χ2v) is 3.80. The van der Waals surface area contributed by atoms with E-state index in [4.69, 9.17) is 0 Å². The lowest BCUT2D eigenvalue weighted by molar-refractivity contribution is -0.129. The Hall–Kier alpha value is -0.570. The summed E-state index contributed by atoms with van der Waals surface area (Å²) in [4.78, 5) is 13.5. The maximum atomic E-state index is 11.6. The molecule has 76 valence electrons. The molecule has 0 aromatic rings. The van der Waals surface area contributed by atoms with Gasteiger partial charge in [0, 0.05) is 6.54 Å². The molecule has 2 unspecified atom stereocenters. The van der Waals surface area contributed by atoms with E-state index in [-0.39, 0.29) is 18.1 Å². The molecule has 0 radical (unpaired) electrons. The molecule has 1 rings (SSSR count). The van der Waals surface area contributed by atoms with Crippen molar-refractivity contribution in [3.05, 3.63) is 0 Å². The summed E-state index contributed by atoms with van der Waals surface area (Å²) in [5.41, 5.74) is 0. The Balaban J connectivity index is 2.35. The lowest BCUT2D eigenvalue weighted by Crippen LogP contribution is -2.35. The lowest BCUT2D eigenvalue weighted by atomic mass is 10.2. The number of carbonyl (C=O) groups is 1. The van der Waals surface area contributed by atoms with Gasteiger partial charge in [0.25, 0.3) is 0 Å². The number of nitrogens with one attached hydrogen (secondary N) is 1. The number of hydrogen-bond donors (Lipinski definition) is 1. The van der Waals surface area contributed by atoms with Crippen LogP contribution in [0.3, 0.4) is 0 Å². The summed E-state index contributed by atoms with van der Waals surface area (Å²) >= 11 is 0. The predicted molar refractivity (Wildman–Crippen MR) is 53.3 cm³/mol. The van der Waals surface area contributed by atoms with Crippen LogP contribution in [0.4, 0.5) is 0 Å². The lowest BCUT2D eigenvalue weighted by Gasteiger charge is -2.20.